The summed E-state index contributed by atoms with van der Waals surface area (Å²) < 4.78 is 1.55. The normalized spacial score (nSPS) is 10.7. The average molecular weight is 296 g/mol. The predicted molar refractivity (Wildman–Crippen MR) is 86.3 cm³/mol. The smallest absolute Gasteiger partial charge is 0.210 e. The van der Waals surface area contributed by atoms with Crippen LogP contribution in [-0.4, -0.2) is 14.9 Å². The van der Waals surface area contributed by atoms with Gasteiger partial charge in [0.15, 0.2) is 5.82 Å². The van der Waals surface area contributed by atoms with E-state index in [2.05, 4.69) is 41.4 Å². The summed E-state index contributed by atoms with van der Waals surface area (Å²) in [6.07, 6.45) is 0. The van der Waals surface area contributed by atoms with Crippen molar-refractivity contribution in [2.45, 2.75) is 17.8 Å². The van der Waals surface area contributed by atoms with Gasteiger partial charge < -0.3 is 5.84 Å². The molecule has 0 fully saturated rings. The first-order chi connectivity index (χ1) is 10.2. The van der Waals surface area contributed by atoms with E-state index < -0.39 is 0 Å². The molecule has 0 aliphatic rings. The summed E-state index contributed by atoms with van der Waals surface area (Å²) in [4.78, 5) is 0. The lowest BCUT2D eigenvalue weighted by atomic mass is 10.2. The predicted octanol–water partition coefficient (Wildman–Crippen LogP) is 3.26. The van der Waals surface area contributed by atoms with Crippen molar-refractivity contribution >= 4 is 11.8 Å². The molecule has 0 saturated carbocycles. The second-order valence-electron chi connectivity index (χ2n) is 4.82. The molecule has 1 aromatic heterocycles. The lowest BCUT2D eigenvalue weighted by Crippen LogP contribution is -2.11. The van der Waals surface area contributed by atoms with Crippen LogP contribution in [0.2, 0.25) is 0 Å². The van der Waals surface area contributed by atoms with Gasteiger partial charge in [0.25, 0.3) is 0 Å². The van der Waals surface area contributed by atoms with Crippen LogP contribution >= 0.6 is 11.8 Å². The van der Waals surface area contributed by atoms with Gasteiger partial charge in [0.2, 0.25) is 5.16 Å². The average Bonchev–Trinajstić information content (AvgIpc) is 2.89. The van der Waals surface area contributed by atoms with Crippen LogP contribution in [0.4, 0.5) is 0 Å². The van der Waals surface area contributed by atoms with Crippen molar-refractivity contribution in [1.82, 2.24) is 14.9 Å². The zero-order chi connectivity index (χ0) is 14.7. The number of thioether (sulfide) groups is 1. The Kier molecular flexibility index (Phi) is 3.92. The molecule has 2 N–H and O–H groups in total. The fourth-order valence-corrected chi connectivity index (χ4v) is 2.80. The van der Waals surface area contributed by atoms with Gasteiger partial charge >= 0.3 is 0 Å². The van der Waals surface area contributed by atoms with E-state index >= 15 is 0 Å². The first kappa shape index (κ1) is 13.7. The zero-order valence-corrected chi connectivity index (χ0v) is 12.5. The lowest BCUT2D eigenvalue weighted by molar-refractivity contribution is 0.849. The number of hydrogen-bond acceptors (Lipinski definition) is 4. The molecule has 2 aromatic carbocycles. The molecule has 0 atom stereocenters. The molecule has 0 spiro atoms. The van der Waals surface area contributed by atoms with Crippen molar-refractivity contribution in [1.29, 1.82) is 0 Å². The monoisotopic (exact) mass is 296 g/mol. The van der Waals surface area contributed by atoms with Crippen molar-refractivity contribution in [2.75, 3.05) is 5.84 Å². The number of aromatic nitrogens is 3. The highest BCUT2D eigenvalue weighted by Gasteiger charge is 2.11. The largest absolute Gasteiger partial charge is 0.335 e. The van der Waals surface area contributed by atoms with Crippen LogP contribution in [-0.2, 0) is 5.75 Å². The molecule has 106 valence electrons. The Morgan fingerprint density at radius 3 is 2.43 bits per heavy atom. The Labute approximate surface area is 128 Å². The number of aryl methyl sites for hydroxylation is 1. The molecule has 0 aliphatic heterocycles. The molecule has 0 amide bonds. The third-order valence-electron chi connectivity index (χ3n) is 3.19. The van der Waals surface area contributed by atoms with E-state index in [1.165, 1.54) is 11.1 Å². The topological polar surface area (TPSA) is 56.7 Å². The van der Waals surface area contributed by atoms with Crippen molar-refractivity contribution < 1.29 is 0 Å². The molecule has 0 saturated heterocycles. The van der Waals surface area contributed by atoms with Gasteiger partial charge in [-0.15, -0.1) is 10.2 Å². The van der Waals surface area contributed by atoms with Crippen LogP contribution < -0.4 is 5.84 Å². The summed E-state index contributed by atoms with van der Waals surface area (Å²) in [7, 11) is 0. The van der Waals surface area contributed by atoms with Gasteiger partial charge in [0.1, 0.15) is 0 Å². The highest BCUT2D eigenvalue weighted by molar-refractivity contribution is 7.98. The fraction of sp³-hybridized carbons (Fsp3) is 0.125. The van der Waals surface area contributed by atoms with E-state index in [9.17, 15) is 0 Å². The molecule has 3 rings (SSSR count). The fourth-order valence-electron chi connectivity index (χ4n) is 1.99. The van der Waals surface area contributed by atoms with E-state index in [0.29, 0.717) is 5.82 Å². The maximum Gasteiger partial charge on any atom is 0.210 e. The molecule has 3 aromatic rings. The van der Waals surface area contributed by atoms with Crippen LogP contribution in [0.15, 0.2) is 59.8 Å². The van der Waals surface area contributed by atoms with E-state index in [1.807, 2.05) is 30.3 Å². The second-order valence-corrected chi connectivity index (χ2v) is 5.76. The third-order valence-corrected chi connectivity index (χ3v) is 4.20. The van der Waals surface area contributed by atoms with Crippen LogP contribution in [0.3, 0.4) is 0 Å². The number of benzene rings is 2. The maximum absolute atomic E-state index is 6.09. The van der Waals surface area contributed by atoms with Gasteiger partial charge in [0, 0.05) is 11.3 Å². The van der Waals surface area contributed by atoms with Crippen molar-refractivity contribution in [2.24, 2.45) is 0 Å². The Balaban J connectivity index is 1.75. The van der Waals surface area contributed by atoms with Gasteiger partial charge in [0.05, 0.1) is 0 Å². The molecule has 0 unspecified atom stereocenters. The van der Waals surface area contributed by atoms with E-state index in [1.54, 1.807) is 16.4 Å². The van der Waals surface area contributed by atoms with Gasteiger partial charge in [-0.3, -0.25) is 0 Å². The minimum absolute atomic E-state index is 0.682. The quantitative estimate of drug-likeness (QED) is 0.593. The minimum Gasteiger partial charge on any atom is -0.335 e. The van der Waals surface area contributed by atoms with Gasteiger partial charge in [-0.1, -0.05) is 71.9 Å². The molecule has 0 bridgehead atoms. The summed E-state index contributed by atoms with van der Waals surface area (Å²) >= 11 is 1.59. The Morgan fingerprint density at radius 2 is 1.71 bits per heavy atom. The second kappa shape index (κ2) is 6.01. The van der Waals surface area contributed by atoms with Gasteiger partial charge in [-0.2, -0.15) is 0 Å². The number of nitrogen functional groups attached to an aromatic ring is 1. The Bertz CT molecular complexity index is 720. The zero-order valence-electron chi connectivity index (χ0n) is 11.7. The molecule has 1 heterocycles. The first-order valence-corrected chi connectivity index (χ1v) is 7.67. The maximum atomic E-state index is 6.09. The van der Waals surface area contributed by atoms with Crippen LogP contribution in [0.5, 0.6) is 0 Å². The third kappa shape index (κ3) is 3.08. The lowest BCUT2D eigenvalue weighted by Gasteiger charge is -2.04. The molecule has 5 heteroatoms. The van der Waals surface area contributed by atoms with Crippen LogP contribution in [0.1, 0.15) is 11.1 Å². The first-order valence-electron chi connectivity index (χ1n) is 6.68. The van der Waals surface area contributed by atoms with Crippen molar-refractivity contribution in [3.63, 3.8) is 0 Å². The van der Waals surface area contributed by atoms with E-state index in [4.69, 9.17) is 5.84 Å². The van der Waals surface area contributed by atoms with E-state index in [0.717, 1.165) is 16.5 Å². The molecular formula is C16H16N4S. The standard InChI is InChI=1S/C16H16N4S/c1-12-7-9-13(10-8-12)11-21-16-19-18-15(20(16)17)14-5-3-2-4-6-14/h2-10H,11,17H2,1H3. The number of rotatable bonds is 4. The van der Waals surface area contributed by atoms with Crippen molar-refractivity contribution in [3.8, 4) is 11.4 Å². The van der Waals surface area contributed by atoms with E-state index in [-0.39, 0.29) is 0 Å². The Hall–Kier alpha value is -2.27. The summed E-state index contributed by atoms with van der Waals surface area (Å²) in [5, 5.41) is 9.07. The molecule has 21 heavy (non-hydrogen) atoms. The highest BCUT2D eigenvalue weighted by Crippen LogP contribution is 2.24. The number of nitrogens with two attached hydrogens (primary N) is 1. The van der Waals surface area contributed by atoms with Crippen molar-refractivity contribution in [3.05, 3.63) is 65.7 Å². The number of hydrogen-bond donors (Lipinski definition) is 1. The summed E-state index contributed by atoms with van der Waals surface area (Å²) in [6.45, 7) is 2.08. The summed E-state index contributed by atoms with van der Waals surface area (Å²) in [5.41, 5.74) is 3.47. The van der Waals surface area contributed by atoms with Gasteiger partial charge in [-0.25, -0.2) is 4.68 Å². The van der Waals surface area contributed by atoms with Crippen LogP contribution in [0, 0.1) is 6.92 Å². The number of nitrogens with zero attached hydrogens (tertiary/aromatic N) is 3. The summed E-state index contributed by atoms with van der Waals surface area (Å²) in [6, 6.07) is 18.3. The highest BCUT2D eigenvalue weighted by atomic mass is 32.2. The minimum atomic E-state index is 0.682. The molecule has 4 nitrogen and oxygen atoms in total. The molecule has 0 aliphatic carbocycles. The Morgan fingerprint density at radius 1 is 1.00 bits per heavy atom. The van der Waals surface area contributed by atoms with Gasteiger partial charge in [-0.05, 0) is 12.5 Å². The molecule has 0 radical (unpaired) electrons. The molecular weight excluding hydrogens is 280 g/mol. The summed E-state index contributed by atoms with van der Waals surface area (Å²) in [5.74, 6) is 7.60. The van der Waals surface area contributed by atoms with Crippen LogP contribution in [0.25, 0.3) is 11.4 Å². The SMILES string of the molecule is Cc1ccc(CSc2nnc(-c3ccccc3)n2N)cc1.